The van der Waals surface area contributed by atoms with E-state index in [1.807, 2.05) is 56.3 Å². The molecule has 2 bridgehead atoms. The molecule has 1 unspecified atom stereocenters. The van der Waals surface area contributed by atoms with Gasteiger partial charge in [-0.3, -0.25) is 0 Å². The Kier molecular flexibility index (Phi) is 7.39. The van der Waals surface area contributed by atoms with Crippen molar-refractivity contribution in [3.8, 4) is 0 Å². The number of halogens is 1. The van der Waals surface area contributed by atoms with Crippen LogP contribution in [0.1, 0.15) is 44.1 Å². The second-order valence-corrected chi connectivity index (χ2v) is 12.0. The van der Waals surface area contributed by atoms with Crippen LogP contribution in [0.25, 0.3) is 0 Å². The molecule has 3 N–H and O–H groups in total. The summed E-state index contributed by atoms with van der Waals surface area (Å²) < 4.78 is 48.6. The highest BCUT2D eigenvalue weighted by Gasteiger charge is 2.57. The Hall–Kier alpha value is -1.88. The highest BCUT2D eigenvalue weighted by Crippen LogP contribution is 2.51. The van der Waals surface area contributed by atoms with Gasteiger partial charge < -0.3 is 19.8 Å². The third-order valence-corrected chi connectivity index (χ3v) is 9.12. The number of hydrogen-bond acceptors (Lipinski definition) is 6. The first-order valence-corrected chi connectivity index (χ1v) is 13.5. The Morgan fingerprint density at radius 3 is 2.46 bits per heavy atom. The minimum Gasteiger partial charge on any atom is -0.389 e. The van der Waals surface area contributed by atoms with Gasteiger partial charge in [0.1, 0.15) is 10.7 Å². The molecule has 2 saturated heterocycles. The van der Waals surface area contributed by atoms with Crippen LogP contribution >= 0.6 is 0 Å². The first-order valence-electron chi connectivity index (χ1n) is 12.0. The molecular weight excluding hydrogens is 471 g/mol. The average molecular weight is 507 g/mol. The molecule has 0 saturated carbocycles. The van der Waals surface area contributed by atoms with Gasteiger partial charge in [-0.25, -0.2) is 17.5 Å². The number of benzene rings is 2. The van der Waals surface area contributed by atoms with Gasteiger partial charge in [0, 0.05) is 12.6 Å². The quantitative estimate of drug-likeness (QED) is 0.534. The molecule has 4 rings (SSSR count). The zero-order valence-corrected chi connectivity index (χ0v) is 21.2. The summed E-state index contributed by atoms with van der Waals surface area (Å²) in [4.78, 5) is 1.50. The van der Waals surface area contributed by atoms with Gasteiger partial charge in [-0.1, -0.05) is 42.5 Å². The molecule has 2 heterocycles. The molecule has 6 atom stereocenters. The standard InChI is InChI=1S/C26H35FN2O5S/c1-25-15-19(18-9-5-4-6-10-18)16-26(34-25,14-13-21(24(25)31)29(2)3)23(30)17-28-35(32,33)22-12-8-7-11-20(22)27/h4-12,19,21,23-24,28,30-31H,13-17H2,1-3H3/t19-,21-,23?,24+,25+,26+/m1/s1. The van der Waals surface area contributed by atoms with E-state index in [9.17, 15) is 23.0 Å². The number of hydrogen-bond donors (Lipinski definition) is 3. The highest BCUT2D eigenvalue weighted by molar-refractivity contribution is 7.89. The summed E-state index contributed by atoms with van der Waals surface area (Å²) in [6, 6.07) is 14.9. The highest BCUT2D eigenvalue weighted by atomic mass is 32.2. The van der Waals surface area contributed by atoms with E-state index in [0.717, 1.165) is 11.6 Å². The largest absolute Gasteiger partial charge is 0.389 e. The first-order chi connectivity index (χ1) is 16.5. The lowest BCUT2D eigenvalue weighted by Gasteiger charge is -2.52. The van der Waals surface area contributed by atoms with Crippen molar-refractivity contribution in [2.24, 2.45) is 0 Å². The van der Waals surface area contributed by atoms with Crippen molar-refractivity contribution >= 4 is 10.0 Å². The van der Waals surface area contributed by atoms with Crippen molar-refractivity contribution in [3.05, 3.63) is 66.0 Å². The van der Waals surface area contributed by atoms with Gasteiger partial charge in [0.05, 0.1) is 23.4 Å². The molecule has 0 amide bonds. The second-order valence-electron chi connectivity index (χ2n) is 10.3. The van der Waals surface area contributed by atoms with E-state index in [4.69, 9.17) is 4.74 Å². The zero-order chi connectivity index (χ0) is 25.4. The van der Waals surface area contributed by atoms with Crippen LogP contribution in [0.15, 0.2) is 59.5 Å². The molecule has 35 heavy (non-hydrogen) atoms. The lowest BCUT2D eigenvalue weighted by Crippen LogP contribution is -2.61. The van der Waals surface area contributed by atoms with Crippen molar-refractivity contribution in [3.63, 3.8) is 0 Å². The van der Waals surface area contributed by atoms with Crippen molar-refractivity contribution in [1.29, 1.82) is 0 Å². The molecule has 0 aliphatic carbocycles. The van der Waals surface area contributed by atoms with Gasteiger partial charge in [0.15, 0.2) is 0 Å². The average Bonchev–Trinajstić information content (AvgIpc) is 2.90. The summed E-state index contributed by atoms with van der Waals surface area (Å²) in [6.07, 6.45) is 0.0489. The van der Waals surface area contributed by atoms with Gasteiger partial charge >= 0.3 is 0 Å². The molecule has 7 nitrogen and oxygen atoms in total. The number of nitrogens with one attached hydrogen (secondary N) is 1. The normalized spacial score (nSPS) is 32.3. The molecule has 9 heteroatoms. The molecule has 192 valence electrons. The predicted octanol–water partition coefficient (Wildman–Crippen LogP) is 2.64. The fraction of sp³-hybridized carbons (Fsp3) is 0.538. The van der Waals surface area contributed by atoms with Crippen molar-refractivity contribution in [2.45, 2.75) is 72.9 Å². The first kappa shape index (κ1) is 26.2. The topological polar surface area (TPSA) is 99.1 Å². The van der Waals surface area contributed by atoms with E-state index < -0.39 is 44.1 Å². The molecule has 2 fully saturated rings. The Balaban J connectivity index is 1.65. The van der Waals surface area contributed by atoms with Gasteiger partial charge in [-0.2, -0.15) is 0 Å². The summed E-state index contributed by atoms with van der Waals surface area (Å²) in [6.45, 7) is 1.54. The lowest BCUT2D eigenvalue weighted by atomic mass is 9.72. The summed E-state index contributed by atoms with van der Waals surface area (Å²) in [5, 5.41) is 22.8. The molecule has 2 aromatic carbocycles. The minimum atomic E-state index is -4.18. The van der Waals surface area contributed by atoms with Gasteiger partial charge in [-0.05, 0) is 70.3 Å². The fourth-order valence-electron chi connectivity index (χ4n) is 5.80. The van der Waals surface area contributed by atoms with E-state index in [2.05, 4.69) is 4.72 Å². The lowest BCUT2D eigenvalue weighted by molar-refractivity contribution is -0.250. The molecule has 0 radical (unpaired) electrons. The predicted molar refractivity (Wildman–Crippen MR) is 131 cm³/mol. The SMILES string of the molecule is CN(C)[C@@H]1CC[C@@]2(C(O)CNS(=O)(=O)c3ccccc3F)C[C@H](c3ccccc3)C[C@](C)(O2)[C@H]1O. The molecule has 2 aromatic rings. The van der Waals surface area contributed by atoms with E-state index in [-0.39, 0.29) is 18.5 Å². The maximum absolute atomic E-state index is 14.1. The van der Waals surface area contributed by atoms with E-state index in [1.54, 1.807) is 0 Å². The number of nitrogens with zero attached hydrogens (tertiary/aromatic N) is 1. The summed E-state index contributed by atoms with van der Waals surface area (Å²) >= 11 is 0. The molecular formula is C26H35FN2O5S. The summed E-state index contributed by atoms with van der Waals surface area (Å²) in [7, 11) is -0.359. The number of ether oxygens (including phenoxy) is 1. The molecule has 2 aliphatic heterocycles. The van der Waals surface area contributed by atoms with E-state index >= 15 is 0 Å². The van der Waals surface area contributed by atoms with Crippen molar-refractivity contribution < 1.29 is 27.8 Å². The number of likely N-dealkylation sites (N-methyl/N-ethyl adjacent to an activating group) is 1. The molecule has 2 aliphatic rings. The van der Waals surface area contributed by atoms with Crippen LogP contribution < -0.4 is 4.72 Å². The Labute approximate surface area is 207 Å². The van der Waals surface area contributed by atoms with Crippen LogP contribution in [0.4, 0.5) is 4.39 Å². The van der Waals surface area contributed by atoms with E-state index in [0.29, 0.717) is 25.7 Å². The zero-order valence-electron chi connectivity index (χ0n) is 20.4. The smallest absolute Gasteiger partial charge is 0.243 e. The maximum atomic E-state index is 14.1. The number of rotatable bonds is 7. The summed E-state index contributed by atoms with van der Waals surface area (Å²) in [5.74, 6) is -0.854. The van der Waals surface area contributed by atoms with Crippen LogP contribution in [0.5, 0.6) is 0 Å². The third kappa shape index (κ3) is 5.16. The second kappa shape index (κ2) is 9.88. The number of sulfonamides is 1. The van der Waals surface area contributed by atoms with Crippen molar-refractivity contribution in [2.75, 3.05) is 20.6 Å². The Morgan fingerprint density at radius 2 is 1.80 bits per heavy atom. The fourth-order valence-corrected chi connectivity index (χ4v) is 6.92. The number of aliphatic hydroxyl groups excluding tert-OH is 2. The van der Waals surface area contributed by atoms with Crippen molar-refractivity contribution in [1.82, 2.24) is 9.62 Å². The van der Waals surface area contributed by atoms with Gasteiger partial charge in [0.25, 0.3) is 0 Å². The minimum absolute atomic E-state index is 0.00309. The van der Waals surface area contributed by atoms with E-state index in [1.165, 1.54) is 18.2 Å². The summed E-state index contributed by atoms with van der Waals surface area (Å²) in [5.41, 5.74) is -0.951. The Bertz CT molecular complexity index is 1130. The van der Waals surface area contributed by atoms with Crippen LogP contribution in [-0.2, 0) is 14.8 Å². The van der Waals surface area contributed by atoms with Crippen LogP contribution in [0, 0.1) is 5.82 Å². The van der Waals surface area contributed by atoms with Gasteiger partial charge in [-0.15, -0.1) is 0 Å². The Morgan fingerprint density at radius 1 is 1.14 bits per heavy atom. The van der Waals surface area contributed by atoms with Crippen LogP contribution in [0.2, 0.25) is 0 Å². The monoisotopic (exact) mass is 506 g/mol. The molecule has 0 spiro atoms. The number of fused-ring (bicyclic) bond motifs is 2. The maximum Gasteiger partial charge on any atom is 0.243 e. The third-order valence-electron chi connectivity index (χ3n) is 7.67. The number of aliphatic hydroxyl groups is 2. The van der Waals surface area contributed by atoms with Gasteiger partial charge in [0.2, 0.25) is 10.0 Å². The van der Waals surface area contributed by atoms with Crippen LogP contribution in [0.3, 0.4) is 0 Å². The van der Waals surface area contributed by atoms with Crippen LogP contribution in [-0.4, -0.2) is 73.6 Å². The molecule has 0 aromatic heterocycles.